The lowest BCUT2D eigenvalue weighted by atomic mass is 10.0. The molecule has 0 radical (unpaired) electrons. The van der Waals surface area contributed by atoms with Gasteiger partial charge in [-0.3, -0.25) is 13.9 Å². The third-order valence-electron chi connectivity index (χ3n) is 7.14. The minimum atomic E-state index is -4.26. The van der Waals surface area contributed by atoms with Gasteiger partial charge in [-0.1, -0.05) is 95.0 Å². The quantitative estimate of drug-likeness (QED) is 0.174. The molecule has 0 bridgehead atoms. The molecule has 0 aliphatic carbocycles. The van der Waals surface area contributed by atoms with Crippen molar-refractivity contribution in [1.29, 1.82) is 0 Å². The summed E-state index contributed by atoms with van der Waals surface area (Å²) in [5.41, 5.74) is 1.68. The topological polar surface area (TPSA) is 86.8 Å². The van der Waals surface area contributed by atoms with Crippen LogP contribution in [0.4, 0.5) is 5.69 Å². The zero-order valence-corrected chi connectivity index (χ0v) is 29.1. The Morgan fingerprint density at radius 1 is 0.826 bits per heavy atom. The van der Waals surface area contributed by atoms with Crippen LogP contribution in [0.5, 0.6) is 0 Å². The second-order valence-corrected chi connectivity index (χ2v) is 15.1. The molecule has 1 N–H and O–H groups in total. The summed E-state index contributed by atoms with van der Waals surface area (Å²) < 4.78 is 29.3. The average Bonchev–Trinajstić information content (AvgIpc) is 2.98. The summed E-state index contributed by atoms with van der Waals surface area (Å²) >= 11 is 19.4. The van der Waals surface area contributed by atoms with Crippen LogP contribution in [0.25, 0.3) is 0 Å². The predicted octanol–water partition coefficient (Wildman–Crippen LogP) is 7.71. The van der Waals surface area contributed by atoms with E-state index in [0.717, 1.165) is 15.4 Å². The highest BCUT2D eigenvalue weighted by Crippen LogP contribution is 2.30. The lowest BCUT2D eigenvalue weighted by molar-refractivity contribution is -0.140. The highest BCUT2D eigenvalue weighted by atomic mass is 35.5. The second-order valence-electron chi connectivity index (χ2n) is 12.0. The summed E-state index contributed by atoms with van der Waals surface area (Å²) in [6, 6.07) is 25.8. The Balaban J connectivity index is 1.85. The molecular weight excluding hydrogens is 665 g/mol. The summed E-state index contributed by atoms with van der Waals surface area (Å²) in [6.07, 6.45) is 0.151. The van der Waals surface area contributed by atoms with Crippen molar-refractivity contribution in [2.45, 2.75) is 57.1 Å². The molecule has 4 aromatic carbocycles. The van der Waals surface area contributed by atoms with E-state index in [1.807, 2.05) is 58.0 Å². The van der Waals surface area contributed by atoms with Gasteiger partial charge >= 0.3 is 0 Å². The summed E-state index contributed by atoms with van der Waals surface area (Å²) in [4.78, 5) is 29.9. The Hall–Kier alpha value is -3.56. The molecule has 242 valence electrons. The number of rotatable bonds is 11. The summed E-state index contributed by atoms with van der Waals surface area (Å²) in [6.45, 7) is 6.60. The van der Waals surface area contributed by atoms with E-state index in [1.165, 1.54) is 23.1 Å². The number of nitrogens with one attached hydrogen (secondary N) is 1. The van der Waals surface area contributed by atoms with E-state index >= 15 is 0 Å². The third kappa shape index (κ3) is 9.04. The Bertz CT molecular complexity index is 1770. The molecule has 46 heavy (non-hydrogen) atoms. The van der Waals surface area contributed by atoms with Gasteiger partial charge in [0.25, 0.3) is 10.0 Å². The van der Waals surface area contributed by atoms with Crippen molar-refractivity contribution in [1.82, 2.24) is 10.2 Å². The van der Waals surface area contributed by atoms with E-state index in [0.29, 0.717) is 20.6 Å². The number of carbonyl (C=O) groups is 2. The van der Waals surface area contributed by atoms with Gasteiger partial charge < -0.3 is 10.2 Å². The number of aryl methyl sites for hydroxylation is 1. The smallest absolute Gasteiger partial charge is 0.264 e. The van der Waals surface area contributed by atoms with E-state index in [4.69, 9.17) is 34.8 Å². The van der Waals surface area contributed by atoms with Crippen molar-refractivity contribution in [3.8, 4) is 0 Å². The molecular formula is C35H36Cl3N3O4S. The average molecular weight is 701 g/mol. The van der Waals surface area contributed by atoms with Crippen molar-refractivity contribution in [2.75, 3.05) is 10.8 Å². The molecule has 4 aromatic rings. The number of anilines is 1. The summed E-state index contributed by atoms with van der Waals surface area (Å²) in [5, 5.41) is 3.90. The highest BCUT2D eigenvalue weighted by Gasteiger charge is 2.36. The van der Waals surface area contributed by atoms with Gasteiger partial charge in [0.2, 0.25) is 11.8 Å². The Morgan fingerprint density at radius 2 is 1.43 bits per heavy atom. The van der Waals surface area contributed by atoms with Gasteiger partial charge in [-0.2, -0.15) is 0 Å². The van der Waals surface area contributed by atoms with E-state index < -0.39 is 40.0 Å². The van der Waals surface area contributed by atoms with Crippen molar-refractivity contribution in [3.63, 3.8) is 0 Å². The molecule has 4 rings (SSSR count). The van der Waals surface area contributed by atoms with Gasteiger partial charge in [-0.15, -0.1) is 0 Å². The fourth-order valence-electron chi connectivity index (χ4n) is 4.86. The first kappa shape index (κ1) is 35.3. The van der Waals surface area contributed by atoms with Crippen LogP contribution in [0.2, 0.25) is 15.1 Å². The molecule has 11 heteroatoms. The van der Waals surface area contributed by atoms with E-state index in [2.05, 4.69) is 5.32 Å². The molecule has 0 fully saturated rings. The Morgan fingerprint density at radius 3 is 2.02 bits per heavy atom. The van der Waals surface area contributed by atoms with Gasteiger partial charge in [0, 0.05) is 39.1 Å². The van der Waals surface area contributed by atoms with Crippen molar-refractivity contribution < 1.29 is 18.0 Å². The lowest BCUT2D eigenvalue weighted by Crippen LogP contribution is -2.56. The monoisotopic (exact) mass is 699 g/mol. The van der Waals surface area contributed by atoms with Gasteiger partial charge in [-0.25, -0.2) is 8.42 Å². The standard InChI is InChI=1S/C35H36Cl3N3O4S/c1-24-16-18-28(19-17-24)46(44,45)41(27-13-8-12-26(36)21-27)23-33(42)40(22-29-30(37)14-9-15-31(29)38)32(34(43)39-35(2,3)4)20-25-10-6-5-7-11-25/h5-19,21,32H,20,22-23H2,1-4H3,(H,39,43)/t32-/m0/s1. The molecule has 0 aliphatic rings. The highest BCUT2D eigenvalue weighted by molar-refractivity contribution is 7.92. The second kappa shape index (κ2) is 14.9. The number of hydrogen-bond donors (Lipinski definition) is 1. The maximum absolute atomic E-state index is 14.6. The number of amides is 2. The fourth-order valence-corrected chi connectivity index (χ4v) is 6.97. The molecule has 1 atom stereocenters. The third-order valence-corrected chi connectivity index (χ3v) is 9.87. The number of carbonyl (C=O) groups excluding carboxylic acids is 2. The van der Waals surface area contributed by atoms with Gasteiger partial charge in [-0.05, 0) is 75.7 Å². The van der Waals surface area contributed by atoms with Crippen LogP contribution in [0, 0.1) is 6.92 Å². The van der Waals surface area contributed by atoms with Crippen LogP contribution in [-0.2, 0) is 32.6 Å². The molecule has 7 nitrogen and oxygen atoms in total. The lowest BCUT2D eigenvalue weighted by Gasteiger charge is -2.35. The van der Waals surface area contributed by atoms with Crippen molar-refractivity contribution in [2.24, 2.45) is 0 Å². The maximum atomic E-state index is 14.6. The predicted molar refractivity (Wildman–Crippen MR) is 186 cm³/mol. The normalized spacial score (nSPS) is 12.3. The first-order valence-electron chi connectivity index (χ1n) is 14.6. The van der Waals surface area contributed by atoms with Crippen molar-refractivity contribution >= 4 is 62.3 Å². The number of hydrogen-bond acceptors (Lipinski definition) is 4. The van der Waals surface area contributed by atoms with E-state index in [1.54, 1.807) is 48.5 Å². The number of benzene rings is 4. The minimum Gasteiger partial charge on any atom is -0.350 e. The Labute approximate surface area is 286 Å². The van der Waals surface area contributed by atoms with Crippen LogP contribution in [-0.4, -0.2) is 43.3 Å². The number of halogens is 3. The van der Waals surface area contributed by atoms with Crippen LogP contribution >= 0.6 is 34.8 Å². The molecule has 0 spiro atoms. The zero-order valence-electron chi connectivity index (χ0n) is 26.0. The molecule has 0 aromatic heterocycles. The van der Waals surface area contributed by atoms with Gasteiger partial charge in [0.05, 0.1) is 10.6 Å². The van der Waals surface area contributed by atoms with Crippen LogP contribution < -0.4 is 9.62 Å². The van der Waals surface area contributed by atoms with Crippen LogP contribution in [0.3, 0.4) is 0 Å². The minimum absolute atomic E-state index is 0.00196. The van der Waals surface area contributed by atoms with Gasteiger partial charge in [0.1, 0.15) is 12.6 Å². The molecule has 0 saturated carbocycles. The molecule has 0 unspecified atom stereocenters. The number of nitrogens with zero attached hydrogens (tertiary/aromatic N) is 2. The van der Waals surface area contributed by atoms with Crippen LogP contribution in [0.15, 0.2) is 102 Å². The number of sulfonamides is 1. The summed E-state index contributed by atoms with van der Waals surface area (Å²) in [5.74, 6) is -1.06. The largest absolute Gasteiger partial charge is 0.350 e. The van der Waals surface area contributed by atoms with Crippen LogP contribution in [0.1, 0.15) is 37.5 Å². The molecule has 0 saturated heterocycles. The van der Waals surface area contributed by atoms with Crippen molar-refractivity contribution in [3.05, 3.63) is 129 Å². The first-order chi connectivity index (χ1) is 21.7. The molecule has 2 amide bonds. The molecule has 0 heterocycles. The van der Waals surface area contributed by atoms with E-state index in [-0.39, 0.29) is 23.5 Å². The van der Waals surface area contributed by atoms with Gasteiger partial charge in [0.15, 0.2) is 0 Å². The zero-order chi connectivity index (χ0) is 33.6. The Kier molecular flexibility index (Phi) is 11.4. The summed E-state index contributed by atoms with van der Waals surface area (Å²) in [7, 11) is -4.26. The first-order valence-corrected chi connectivity index (χ1v) is 17.2. The van der Waals surface area contributed by atoms with E-state index in [9.17, 15) is 18.0 Å². The molecule has 0 aliphatic heterocycles. The SMILES string of the molecule is Cc1ccc(S(=O)(=O)N(CC(=O)N(Cc2c(Cl)cccc2Cl)[C@@H](Cc2ccccc2)C(=O)NC(C)(C)C)c2cccc(Cl)c2)cc1. The fraction of sp³-hybridized carbons (Fsp3) is 0.257. The maximum Gasteiger partial charge on any atom is 0.264 e.